The molecule has 1 aromatic carbocycles. The molecule has 42 heavy (non-hydrogen) atoms. The summed E-state index contributed by atoms with van der Waals surface area (Å²) in [4.78, 5) is 49.7. The molecule has 0 bridgehead atoms. The fourth-order valence-electron chi connectivity index (χ4n) is 5.56. The molecule has 5 rings (SSSR count). The van der Waals surface area contributed by atoms with Gasteiger partial charge in [-0.15, -0.1) is 0 Å². The van der Waals surface area contributed by atoms with Gasteiger partial charge in [-0.25, -0.2) is 4.98 Å². The Bertz CT molecular complexity index is 1590. The third-order valence-corrected chi connectivity index (χ3v) is 8.01. The highest BCUT2D eigenvalue weighted by Gasteiger charge is 2.32. The quantitative estimate of drug-likeness (QED) is 0.281. The number of benzene rings is 1. The van der Waals surface area contributed by atoms with Crippen LogP contribution in [0.3, 0.4) is 0 Å². The van der Waals surface area contributed by atoms with Crippen LogP contribution in [0.25, 0.3) is 28.0 Å². The summed E-state index contributed by atoms with van der Waals surface area (Å²) in [6.45, 7) is 6.48. The number of piperidine rings is 1. The van der Waals surface area contributed by atoms with Crippen LogP contribution in [-0.4, -0.2) is 61.2 Å². The predicted molar refractivity (Wildman–Crippen MR) is 162 cm³/mol. The molecule has 1 atom stereocenters. The second-order valence-corrected chi connectivity index (χ2v) is 10.6. The first-order chi connectivity index (χ1) is 20.4. The summed E-state index contributed by atoms with van der Waals surface area (Å²) in [7, 11) is 0. The lowest BCUT2D eigenvalue weighted by molar-refractivity contribution is -0.137. The van der Waals surface area contributed by atoms with Gasteiger partial charge in [0.2, 0.25) is 11.8 Å². The Balaban J connectivity index is 1.45. The van der Waals surface area contributed by atoms with E-state index in [9.17, 15) is 14.4 Å². The minimum atomic E-state index is -0.535. The molecule has 2 amide bonds. The molecule has 0 spiro atoms. The molecule has 1 unspecified atom stereocenters. The molecular weight excluding hydrogens is 530 g/mol. The minimum absolute atomic E-state index is 0.0570. The topological polar surface area (TPSA) is 136 Å². The Morgan fingerprint density at radius 2 is 1.71 bits per heavy atom. The first kappa shape index (κ1) is 28.9. The number of nitrogens with two attached hydrogens (primary N) is 1. The number of likely N-dealkylation sites (tertiary alicyclic amines) is 1. The van der Waals surface area contributed by atoms with Gasteiger partial charge >= 0.3 is 0 Å². The fourth-order valence-corrected chi connectivity index (χ4v) is 5.56. The molecule has 0 aliphatic carbocycles. The van der Waals surface area contributed by atoms with Crippen LogP contribution in [0.1, 0.15) is 74.8 Å². The maximum absolute atomic E-state index is 13.2. The molecule has 1 saturated heterocycles. The summed E-state index contributed by atoms with van der Waals surface area (Å²) in [5.74, 6) is -0.0840. The summed E-state index contributed by atoms with van der Waals surface area (Å²) < 4.78 is 1.54. The molecule has 3 N–H and O–H groups in total. The number of aromatic nitrogens is 4. The largest absolute Gasteiger partial charge is 0.383 e. The summed E-state index contributed by atoms with van der Waals surface area (Å²) >= 11 is 0. The number of amides is 2. The molecular formula is C32H37N7O3. The number of fused-ring (bicyclic) bond motifs is 1. The van der Waals surface area contributed by atoms with Gasteiger partial charge in [0, 0.05) is 54.7 Å². The Kier molecular flexibility index (Phi) is 8.61. The third-order valence-electron chi connectivity index (χ3n) is 8.01. The molecule has 1 aliphatic heterocycles. The number of pyridine rings is 1. The van der Waals surface area contributed by atoms with E-state index in [1.165, 1.54) is 4.52 Å². The molecule has 1 fully saturated rings. The molecule has 4 aromatic rings. The number of Topliss-reactive ketones (excluding diaryl/α,β-unsaturated/α-hetero) is 1. The number of carbonyl (C=O) groups excluding carboxylic acids is 3. The molecule has 1 aliphatic rings. The normalized spacial score (nSPS) is 14.6. The van der Waals surface area contributed by atoms with E-state index in [4.69, 9.17) is 10.7 Å². The first-order valence-corrected chi connectivity index (χ1v) is 14.7. The van der Waals surface area contributed by atoms with Crippen molar-refractivity contribution in [1.82, 2.24) is 29.8 Å². The number of nitrogens with zero attached hydrogens (tertiary/aromatic N) is 5. The second kappa shape index (κ2) is 12.5. The van der Waals surface area contributed by atoms with Gasteiger partial charge in [0.25, 0.3) is 0 Å². The van der Waals surface area contributed by atoms with Gasteiger partial charge in [0.05, 0.1) is 23.1 Å². The van der Waals surface area contributed by atoms with Crippen molar-refractivity contribution < 1.29 is 14.4 Å². The number of nitrogen functional groups attached to an aromatic ring is 1. The first-order valence-electron chi connectivity index (χ1n) is 14.7. The molecule has 0 radical (unpaired) electrons. The zero-order valence-corrected chi connectivity index (χ0v) is 24.3. The number of nitrogens with one attached hydrogen (secondary N) is 1. The van der Waals surface area contributed by atoms with Crippen LogP contribution in [0, 0.1) is 0 Å². The monoisotopic (exact) mass is 567 g/mol. The van der Waals surface area contributed by atoms with Crippen LogP contribution in [0.15, 0.2) is 54.9 Å². The Hall–Kier alpha value is -4.60. The Morgan fingerprint density at radius 3 is 2.33 bits per heavy atom. The van der Waals surface area contributed by atoms with Crippen LogP contribution >= 0.6 is 0 Å². The smallest absolute Gasteiger partial charge is 0.245 e. The lowest BCUT2D eigenvalue weighted by Crippen LogP contribution is -2.50. The Labute approximate surface area is 245 Å². The summed E-state index contributed by atoms with van der Waals surface area (Å²) in [6, 6.07) is 13.4. The van der Waals surface area contributed by atoms with Crippen molar-refractivity contribution in [3.05, 3.63) is 66.1 Å². The number of rotatable bonds is 9. The van der Waals surface area contributed by atoms with Crippen molar-refractivity contribution in [2.75, 3.05) is 18.8 Å². The van der Waals surface area contributed by atoms with Crippen molar-refractivity contribution in [3.63, 3.8) is 0 Å². The minimum Gasteiger partial charge on any atom is -0.383 e. The van der Waals surface area contributed by atoms with Crippen LogP contribution in [-0.2, 0) is 9.59 Å². The maximum Gasteiger partial charge on any atom is 0.245 e. The van der Waals surface area contributed by atoms with Gasteiger partial charge in [-0.05, 0) is 25.3 Å². The highest BCUT2D eigenvalue weighted by atomic mass is 16.2. The van der Waals surface area contributed by atoms with E-state index >= 15 is 0 Å². The maximum atomic E-state index is 13.2. The standard InChI is InChI=1S/C32H37N7O3/c1-4-24(36-27(41)6-3)32(42)38-16-14-21(15-17-38)29-28(26(40)5-2)30(33)39-31(37-29)23(19-35-39)22-12-13-25(34-18-22)20-10-8-7-9-11-20/h7-13,18-19,21,24H,4-6,14-17,33H2,1-3H3,(H,36,41). The highest BCUT2D eigenvalue weighted by molar-refractivity contribution is 6.02. The molecule has 10 heteroatoms. The second-order valence-electron chi connectivity index (χ2n) is 10.6. The van der Waals surface area contributed by atoms with Crippen LogP contribution in [0.4, 0.5) is 5.82 Å². The van der Waals surface area contributed by atoms with Crippen molar-refractivity contribution in [2.24, 2.45) is 0 Å². The SMILES string of the molecule is CCC(=O)NC(CC)C(=O)N1CCC(c2nc3c(-c4ccc(-c5ccccc5)nc4)cnn3c(N)c2C(=O)CC)CC1. The summed E-state index contributed by atoms with van der Waals surface area (Å²) in [5, 5.41) is 7.32. The van der Waals surface area contributed by atoms with Crippen molar-refractivity contribution >= 4 is 29.1 Å². The van der Waals surface area contributed by atoms with E-state index < -0.39 is 6.04 Å². The number of anilines is 1. The van der Waals surface area contributed by atoms with E-state index in [0.717, 1.165) is 22.4 Å². The summed E-state index contributed by atoms with van der Waals surface area (Å²) in [6.07, 6.45) is 5.92. The molecule has 0 saturated carbocycles. The fraction of sp³-hybridized carbons (Fsp3) is 0.375. The van der Waals surface area contributed by atoms with Crippen molar-refractivity contribution in [2.45, 2.75) is 64.8 Å². The van der Waals surface area contributed by atoms with Gasteiger partial charge in [0.1, 0.15) is 11.9 Å². The molecule has 3 aromatic heterocycles. The zero-order valence-electron chi connectivity index (χ0n) is 24.3. The highest BCUT2D eigenvalue weighted by Crippen LogP contribution is 2.35. The van der Waals surface area contributed by atoms with Gasteiger partial charge in [-0.2, -0.15) is 9.61 Å². The van der Waals surface area contributed by atoms with E-state index in [0.29, 0.717) is 55.7 Å². The summed E-state index contributed by atoms with van der Waals surface area (Å²) in [5.41, 5.74) is 11.7. The van der Waals surface area contributed by atoms with E-state index in [1.54, 1.807) is 31.1 Å². The number of hydrogen-bond donors (Lipinski definition) is 2. The average Bonchev–Trinajstić information content (AvgIpc) is 3.47. The van der Waals surface area contributed by atoms with Crippen LogP contribution < -0.4 is 11.1 Å². The van der Waals surface area contributed by atoms with Crippen LogP contribution in [0.2, 0.25) is 0 Å². The number of carbonyl (C=O) groups is 3. The van der Waals surface area contributed by atoms with Gasteiger partial charge in [0.15, 0.2) is 11.4 Å². The lowest BCUT2D eigenvalue weighted by Gasteiger charge is -2.34. The van der Waals surface area contributed by atoms with E-state index in [2.05, 4.69) is 15.4 Å². The number of hydrogen-bond acceptors (Lipinski definition) is 7. The van der Waals surface area contributed by atoms with Crippen LogP contribution in [0.5, 0.6) is 0 Å². The average molecular weight is 568 g/mol. The Morgan fingerprint density at radius 1 is 0.976 bits per heavy atom. The zero-order chi connectivity index (χ0) is 29.8. The van der Waals surface area contributed by atoms with Gasteiger partial charge in [-0.3, -0.25) is 19.4 Å². The predicted octanol–water partition coefficient (Wildman–Crippen LogP) is 4.64. The molecule has 10 nitrogen and oxygen atoms in total. The number of ketones is 1. The molecule has 218 valence electrons. The van der Waals surface area contributed by atoms with Gasteiger partial charge < -0.3 is 16.0 Å². The van der Waals surface area contributed by atoms with Crippen molar-refractivity contribution in [3.8, 4) is 22.4 Å². The third kappa shape index (κ3) is 5.61. The molecule has 4 heterocycles. The lowest BCUT2D eigenvalue weighted by atomic mass is 9.88. The van der Waals surface area contributed by atoms with Crippen molar-refractivity contribution in [1.29, 1.82) is 0 Å². The van der Waals surface area contributed by atoms with E-state index in [1.807, 2.05) is 49.4 Å². The van der Waals surface area contributed by atoms with E-state index in [-0.39, 0.29) is 35.8 Å². The van der Waals surface area contributed by atoms with Gasteiger partial charge in [-0.1, -0.05) is 57.2 Å².